The molecular formula is C10H15N9O4. The van der Waals surface area contributed by atoms with E-state index in [-0.39, 0.29) is 0 Å². The van der Waals surface area contributed by atoms with Gasteiger partial charge in [-0.2, -0.15) is 5.26 Å². The van der Waals surface area contributed by atoms with Gasteiger partial charge in [-0.1, -0.05) is 5.11 Å². The van der Waals surface area contributed by atoms with E-state index < -0.39 is 41.9 Å². The molecule has 13 heteroatoms. The first kappa shape index (κ1) is 18.3. The van der Waals surface area contributed by atoms with E-state index in [0.717, 1.165) is 0 Å². The van der Waals surface area contributed by atoms with Gasteiger partial charge in [0.25, 0.3) is 0 Å². The maximum Gasteiger partial charge on any atom is 0.223 e. The number of aliphatic hydroxyl groups is 2. The number of rotatable bonds is 4. The van der Waals surface area contributed by atoms with Crippen LogP contribution in [0.3, 0.4) is 0 Å². The van der Waals surface area contributed by atoms with Crippen molar-refractivity contribution < 1.29 is 20.2 Å². The first-order chi connectivity index (χ1) is 10.8. The second-order valence-corrected chi connectivity index (χ2v) is 4.72. The Morgan fingerprint density at radius 3 is 2.74 bits per heavy atom. The van der Waals surface area contributed by atoms with Crippen molar-refractivity contribution in [3.63, 3.8) is 0 Å². The van der Waals surface area contributed by atoms with Crippen LogP contribution in [0.2, 0.25) is 0 Å². The molecule has 0 aliphatic carbocycles. The van der Waals surface area contributed by atoms with E-state index in [4.69, 9.17) is 31.6 Å². The fourth-order valence-corrected chi connectivity index (χ4v) is 1.96. The van der Waals surface area contributed by atoms with Crippen molar-refractivity contribution in [2.75, 3.05) is 6.61 Å². The Kier molecular flexibility index (Phi) is 5.57. The molecule has 0 bridgehead atoms. The first-order valence-electron chi connectivity index (χ1n) is 6.11. The number of aliphatic imine (C=N–C) groups is 1. The minimum atomic E-state index is -2.08. The molecule has 124 valence electrons. The smallest absolute Gasteiger partial charge is 0.223 e. The van der Waals surface area contributed by atoms with E-state index in [2.05, 4.69) is 20.3 Å². The third-order valence-electron chi connectivity index (χ3n) is 3.25. The van der Waals surface area contributed by atoms with Gasteiger partial charge in [-0.05, 0) is 12.5 Å². The average Bonchev–Trinajstić information content (AvgIpc) is 2.76. The maximum atomic E-state index is 10.3. The highest BCUT2D eigenvalue weighted by molar-refractivity contribution is 6.30. The van der Waals surface area contributed by atoms with Gasteiger partial charge in [0, 0.05) is 4.91 Å². The number of nitriles is 1. The summed E-state index contributed by atoms with van der Waals surface area (Å²) < 4.78 is 5.24. The fraction of sp³-hybridized carbons (Fsp3) is 0.600. The van der Waals surface area contributed by atoms with Gasteiger partial charge in [-0.25, -0.2) is 10.5 Å². The molecule has 0 aromatic rings. The summed E-state index contributed by atoms with van der Waals surface area (Å²) in [4.78, 5) is 6.36. The molecule has 0 amide bonds. The van der Waals surface area contributed by atoms with Crippen LogP contribution in [0.4, 0.5) is 0 Å². The molecule has 0 aromatic carbocycles. The lowest BCUT2D eigenvalue weighted by atomic mass is 9.86. The Labute approximate surface area is 129 Å². The van der Waals surface area contributed by atoms with Crippen LogP contribution < -0.4 is 10.8 Å². The van der Waals surface area contributed by atoms with Gasteiger partial charge in [-0.3, -0.25) is 10.6 Å². The van der Waals surface area contributed by atoms with E-state index in [1.807, 2.05) is 0 Å². The Hall–Kier alpha value is -2.75. The van der Waals surface area contributed by atoms with Gasteiger partial charge in [0.1, 0.15) is 23.5 Å². The summed E-state index contributed by atoms with van der Waals surface area (Å²) in [7, 11) is 0. The summed E-state index contributed by atoms with van der Waals surface area (Å²) in [5, 5.41) is 57.5. The van der Waals surface area contributed by atoms with Crippen LogP contribution in [-0.2, 0) is 4.74 Å². The lowest BCUT2D eigenvalue weighted by Gasteiger charge is -2.26. The average molecular weight is 325 g/mol. The topological polar surface area (TPSA) is 227 Å². The van der Waals surface area contributed by atoms with E-state index in [1.54, 1.807) is 11.5 Å². The molecule has 13 nitrogen and oxygen atoms in total. The fourth-order valence-electron chi connectivity index (χ4n) is 1.96. The highest BCUT2D eigenvalue weighted by Gasteiger charge is 2.62. The quantitative estimate of drug-likeness (QED) is 0.0813. The second kappa shape index (κ2) is 7.01. The van der Waals surface area contributed by atoms with Crippen LogP contribution >= 0.6 is 0 Å². The van der Waals surface area contributed by atoms with Crippen LogP contribution in [0.1, 0.15) is 6.92 Å². The number of aliphatic hydroxyl groups excluding tert-OH is 2. The van der Waals surface area contributed by atoms with Crippen LogP contribution in [0.15, 0.2) is 10.1 Å². The number of ether oxygens (including phenoxy) is 1. The van der Waals surface area contributed by atoms with Crippen LogP contribution in [0.5, 0.6) is 0 Å². The zero-order valence-corrected chi connectivity index (χ0v) is 11.9. The van der Waals surface area contributed by atoms with Crippen molar-refractivity contribution in [3.8, 4) is 6.07 Å². The Morgan fingerprint density at radius 2 is 2.30 bits per heavy atom. The molecule has 1 rings (SSSR count). The zero-order valence-electron chi connectivity index (χ0n) is 11.9. The number of azide groups is 1. The number of nitrogens with zero attached hydrogens (tertiary/aromatic N) is 5. The zero-order chi connectivity index (χ0) is 17.7. The van der Waals surface area contributed by atoms with Gasteiger partial charge >= 0.3 is 0 Å². The van der Waals surface area contributed by atoms with Gasteiger partial charge in [-0.15, -0.1) is 0 Å². The second-order valence-electron chi connectivity index (χ2n) is 4.72. The maximum absolute atomic E-state index is 10.3. The standard InChI is InChI=1S/C10H15N9O4/c1-9(18-19-14)6(21)10(3-12,4-20)23-7(9)16-8(17-22)15-5(13)2-11/h2,6-7,11,20-22H,4H2,1H3,(H3,13,15,16,17)/t6-,7+,9+,10+/m0/s1. The van der Waals surface area contributed by atoms with Gasteiger partial charge < -0.3 is 25.7 Å². The number of hydrogen-bond acceptors (Lipinski definition) is 9. The lowest BCUT2D eigenvalue weighted by Crippen LogP contribution is -2.50. The molecule has 4 atom stereocenters. The Morgan fingerprint density at radius 1 is 1.65 bits per heavy atom. The van der Waals surface area contributed by atoms with Crippen molar-refractivity contribution in [3.05, 3.63) is 10.4 Å². The molecule has 0 unspecified atom stereocenters. The summed E-state index contributed by atoms with van der Waals surface area (Å²) in [5.41, 5.74) is 6.43. The largest absolute Gasteiger partial charge is 0.392 e. The van der Waals surface area contributed by atoms with Crippen molar-refractivity contribution in [1.82, 2.24) is 10.8 Å². The minimum absolute atomic E-state index is 0.442. The molecule has 0 saturated carbocycles. The number of hydroxylamine groups is 1. The summed E-state index contributed by atoms with van der Waals surface area (Å²) in [6, 6.07) is 1.61. The van der Waals surface area contributed by atoms with Gasteiger partial charge in [0.15, 0.2) is 6.23 Å². The lowest BCUT2D eigenvalue weighted by molar-refractivity contribution is -0.0707. The van der Waals surface area contributed by atoms with Crippen LogP contribution in [0.25, 0.3) is 10.4 Å². The molecule has 0 aromatic heterocycles. The van der Waals surface area contributed by atoms with Crippen LogP contribution in [-0.4, -0.2) is 63.5 Å². The summed E-state index contributed by atoms with van der Waals surface area (Å²) in [6.07, 6.45) is -2.56. The monoisotopic (exact) mass is 325 g/mol. The predicted molar refractivity (Wildman–Crippen MR) is 75.9 cm³/mol. The number of hydrogen-bond donors (Lipinski definition) is 7. The summed E-state index contributed by atoms with van der Waals surface area (Å²) in [6.45, 7) is 0.357. The SMILES string of the molecule is C[C@]1(N=[N+]=[N-])[C@H](N=C(NO)NC(=N)C=N)O[C@](C#N)(CO)[C@H]1O. The van der Waals surface area contributed by atoms with Crippen molar-refractivity contribution in [1.29, 1.82) is 16.1 Å². The number of guanidine groups is 1. The third-order valence-corrected chi connectivity index (χ3v) is 3.25. The molecule has 7 N–H and O–H groups in total. The van der Waals surface area contributed by atoms with Crippen molar-refractivity contribution in [2.45, 2.75) is 30.4 Å². The highest BCUT2D eigenvalue weighted by Crippen LogP contribution is 2.41. The number of nitrogens with one attached hydrogen (secondary N) is 4. The molecule has 0 radical (unpaired) electrons. The molecule has 1 aliphatic rings. The molecule has 0 spiro atoms. The van der Waals surface area contributed by atoms with E-state index >= 15 is 0 Å². The van der Waals surface area contributed by atoms with Crippen LogP contribution in [0, 0.1) is 22.1 Å². The molecular weight excluding hydrogens is 310 g/mol. The predicted octanol–water partition coefficient (Wildman–Crippen LogP) is -1.42. The van der Waals surface area contributed by atoms with E-state index in [0.29, 0.717) is 6.21 Å². The van der Waals surface area contributed by atoms with Crippen molar-refractivity contribution in [2.24, 2.45) is 10.1 Å². The van der Waals surface area contributed by atoms with Gasteiger partial charge in [0.2, 0.25) is 11.6 Å². The third kappa shape index (κ3) is 3.21. The Bertz CT molecular complexity index is 610. The first-order valence-corrected chi connectivity index (χ1v) is 6.11. The minimum Gasteiger partial charge on any atom is -0.392 e. The number of amidine groups is 1. The molecule has 23 heavy (non-hydrogen) atoms. The summed E-state index contributed by atoms with van der Waals surface area (Å²) in [5.74, 6) is -0.898. The van der Waals surface area contributed by atoms with E-state index in [1.165, 1.54) is 6.92 Å². The highest BCUT2D eigenvalue weighted by atomic mass is 16.6. The molecule has 1 heterocycles. The van der Waals surface area contributed by atoms with E-state index in [9.17, 15) is 10.2 Å². The van der Waals surface area contributed by atoms with Crippen molar-refractivity contribution >= 4 is 18.0 Å². The van der Waals surface area contributed by atoms with Gasteiger partial charge in [0.05, 0.1) is 12.8 Å². The normalized spacial score (nSPS) is 33.3. The Balaban J connectivity index is 3.31. The molecule has 1 aliphatic heterocycles. The molecule has 1 fully saturated rings. The summed E-state index contributed by atoms with van der Waals surface area (Å²) >= 11 is 0. The molecule has 1 saturated heterocycles.